The van der Waals surface area contributed by atoms with Crippen molar-refractivity contribution in [3.63, 3.8) is 0 Å². The lowest BCUT2D eigenvalue weighted by Gasteiger charge is -2.13. The summed E-state index contributed by atoms with van der Waals surface area (Å²) in [6.45, 7) is 0.342. The minimum Gasteiger partial charge on any atom is -0.378 e. The van der Waals surface area contributed by atoms with Gasteiger partial charge < -0.3 is 15.2 Å². The van der Waals surface area contributed by atoms with E-state index in [9.17, 15) is 23.3 Å². The van der Waals surface area contributed by atoms with Crippen LogP contribution in [-0.2, 0) is 21.2 Å². The molecule has 3 rings (SSSR count). The number of carbonyl (C=O) groups excluding carboxylic acids is 1. The number of hydrogen-bond acceptors (Lipinski definition) is 8. The van der Waals surface area contributed by atoms with Crippen molar-refractivity contribution in [3.05, 3.63) is 70.0 Å². The Labute approximate surface area is 207 Å². The Kier molecular flexibility index (Phi) is 8.29. The summed E-state index contributed by atoms with van der Waals surface area (Å²) in [5.74, 6) is -0.252. The van der Waals surface area contributed by atoms with Crippen LogP contribution < -0.4 is 20.9 Å². The van der Waals surface area contributed by atoms with Crippen molar-refractivity contribution >= 4 is 33.4 Å². The summed E-state index contributed by atoms with van der Waals surface area (Å²) >= 11 is 1.05. The molecule has 0 unspecified atom stereocenters. The zero-order valence-electron chi connectivity index (χ0n) is 19.1. The second-order valence-corrected chi connectivity index (χ2v) is 10.3. The number of H-pyrrole nitrogens is 1. The van der Waals surface area contributed by atoms with Crippen molar-refractivity contribution in [3.8, 4) is 17.3 Å². The number of nitrogens with one attached hydrogen (secondary N) is 2. The van der Waals surface area contributed by atoms with E-state index < -0.39 is 15.6 Å². The number of amides is 1. The summed E-state index contributed by atoms with van der Waals surface area (Å²) in [7, 11) is 0.0710. The van der Waals surface area contributed by atoms with Crippen molar-refractivity contribution < 1.29 is 13.2 Å². The van der Waals surface area contributed by atoms with Crippen LogP contribution in [0, 0.1) is 11.3 Å². The van der Waals surface area contributed by atoms with Crippen LogP contribution in [0.4, 0.5) is 5.69 Å². The van der Waals surface area contributed by atoms with Gasteiger partial charge >= 0.3 is 0 Å². The number of hydrogen-bond donors (Lipinski definition) is 3. The first kappa shape index (κ1) is 26.0. The highest BCUT2D eigenvalue weighted by molar-refractivity contribution is 7.99. The van der Waals surface area contributed by atoms with Crippen molar-refractivity contribution in [1.82, 2.24) is 15.3 Å². The molecule has 12 heteroatoms. The summed E-state index contributed by atoms with van der Waals surface area (Å²) < 4.78 is 22.6. The Morgan fingerprint density at radius 2 is 1.83 bits per heavy atom. The van der Waals surface area contributed by atoms with Gasteiger partial charge in [0.05, 0.1) is 16.3 Å². The Morgan fingerprint density at radius 3 is 2.40 bits per heavy atom. The maximum Gasteiger partial charge on any atom is 0.270 e. The Morgan fingerprint density at radius 1 is 1.17 bits per heavy atom. The van der Waals surface area contributed by atoms with Crippen molar-refractivity contribution in [1.29, 1.82) is 5.26 Å². The first-order chi connectivity index (χ1) is 16.6. The van der Waals surface area contributed by atoms with Crippen LogP contribution in [0.15, 0.2) is 63.4 Å². The van der Waals surface area contributed by atoms with Crippen LogP contribution in [0.3, 0.4) is 0 Å². The van der Waals surface area contributed by atoms with Crippen molar-refractivity contribution in [2.45, 2.75) is 16.5 Å². The second-order valence-electron chi connectivity index (χ2n) is 7.73. The summed E-state index contributed by atoms with van der Waals surface area (Å²) in [5.41, 5.74) is 2.02. The van der Waals surface area contributed by atoms with Crippen LogP contribution in [-0.4, -0.2) is 50.7 Å². The molecule has 1 heterocycles. The Bertz CT molecular complexity index is 1410. The van der Waals surface area contributed by atoms with E-state index in [4.69, 9.17) is 5.14 Å². The van der Waals surface area contributed by atoms with E-state index in [1.54, 1.807) is 24.3 Å². The van der Waals surface area contributed by atoms with Gasteiger partial charge in [0.1, 0.15) is 11.6 Å². The number of benzene rings is 2. The first-order valence-corrected chi connectivity index (χ1v) is 12.9. The quantitative estimate of drug-likeness (QED) is 0.287. The highest BCUT2D eigenvalue weighted by Gasteiger charge is 2.15. The number of rotatable bonds is 9. The van der Waals surface area contributed by atoms with Crippen LogP contribution in [0.2, 0.25) is 0 Å². The molecular weight excluding hydrogens is 488 g/mol. The maximum atomic E-state index is 12.4. The molecule has 10 nitrogen and oxygen atoms in total. The minimum absolute atomic E-state index is 0.0121. The molecule has 0 aliphatic heterocycles. The molecule has 182 valence electrons. The van der Waals surface area contributed by atoms with Crippen LogP contribution in [0.25, 0.3) is 11.3 Å². The highest BCUT2D eigenvalue weighted by atomic mass is 32.2. The number of aromatic nitrogens is 2. The van der Waals surface area contributed by atoms with Crippen LogP contribution >= 0.6 is 11.8 Å². The van der Waals surface area contributed by atoms with E-state index in [0.29, 0.717) is 18.5 Å². The van der Waals surface area contributed by atoms with E-state index >= 15 is 0 Å². The van der Waals surface area contributed by atoms with Gasteiger partial charge in [0.2, 0.25) is 15.9 Å². The zero-order chi connectivity index (χ0) is 25.6. The lowest BCUT2D eigenvalue weighted by molar-refractivity contribution is -0.118. The van der Waals surface area contributed by atoms with Crippen molar-refractivity contribution in [2.24, 2.45) is 5.14 Å². The average Bonchev–Trinajstić information content (AvgIpc) is 2.82. The molecule has 1 amide bonds. The number of carbonyl (C=O) groups is 1. The van der Waals surface area contributed by atoms with Gasteiger partial charge in [-0.15, -0.1) is 0 Å². The lowest BCUT2D eigenvalue weighted by Crippen LogP contribution is -2.27. The molecule has 0 bridgehead atoms. The van der Waals surface area contributed by atoms with Gasteiger partial charge in [0, 0.05) is 31.9 Å². The van der Waals surface area contributed by atoms with E-state index in [1.807, 2.05) is 37.2 Å². The van der Waals surface area contributed by atoms with Gasteiger partial charge in [-0.05, 0) is 36.2 Å². The fraction of sp³-hybridized carbons (Fsp3) is 0.217. The van der Waals surface area contributed by atoms with Gasteiger partial charge in [-0.2, -0.15) is 5.26 Å². The molecule has 0 aliphatic rings. The molecule has 0 fully saturated rings. The number of nitriles is 1. The normalized spacial score (nSPS) is 11.0. The fourth-order valence-corrected chi connectivity index (χ4v) is 4.33. The third kappa shape index (κ3) is 6.92. The van der Waals surface area contributed by atoms with E-state index in [0.717, 1.165) is 23.0 Å². The first-order valence-electron chi connectivity index (χ1n) is 10.4. The molecular formula is C23H24N6O4S2. The zero-order valence-corrected chi connectivity index (χ0v) is 20.7. The molecule has 0 spiro atoms. The third-order valence-electron chi connectivity index (χ3n) is 4.99. The molecule has 0 aliphatic carbocycles. The largest absolute Gasteiger partial charge is 0.378 e. The van der Waals surface area contributed by atoms with Crippen LogP contribution in [0.5, 0.6) is 0 Å². The number of aromatic amines is 1. The number of nitrogens with two attached hydrogens (primary N) is 1. The smallest absolute Gasteiger partial charge is 0.270 e. The molecule has 2 aromatic carbocycles. The number of thioether (sulfide) groups is 1. The molecule has 1 aromatic heterocycles. The SMILES string of the molecule is CN(C)c1ccc(-c2nc(SCC(=O)NCCc3ccc(S(N)(=O)=O)cc3)[nH]c(=O)c2C#N)cc1. The minimum atomic E-state index is -3.74. The summed E-state index contributed by atoms with van der Waals surface area (Å²) in [4.78, 5) is 33.6. The van der Waals surface area contributed by atoms with Gasteiger partial charge in [-0.1, -0.05) is 36.0 Å². The van der Waals surface area contributed by atoms with Gasteiger partial charge in [0.15, 0.2) is 5.16 Å². The van der Waals surface area contributed by atoms with Crippen molar-refractivity contribution in [2.75, 3.05) is 31.3 Å². The number of anilines is 1. The standard InChI is InChI=1S/C23H24N6O4S2/c1-29(2)17-7-5-16(6-8-17)21-19(13-24)22(31)28-23(27-21)34-14-20(30)26-12-11-15-3-9-18(10-4-15)35(25,32)33/h3-10H,11-12,14H2,1-2H3,(H,26,30)(H2,25,32,33)(H,27,28,31). The molecule has 0 radical (unpaired) electrons. The monoisotopic (exact) mass is 512 g/mol. The summed E-state index contributed by atoms with van der Waals surface area (Å²) in [6.07, 6.45) is 0.500. The predicted octanol–water partition coefficient (Wildman–Crippen LogP) is 1.47. The number of nitrogens with zero attached hydrogens (tertiary/aromatic N) is 3. The molecule has 35 heavy (non-hydrogen) atoms. The summed E-state index contributed by atoms with van der Waals surface area (Å²) in [5, 5.41) is 17.5. The molecule has 4 N–H and O–H groups in total. The highest BCUT2D eigenvalue weighted by Crippen LogP contribution is 2.24. The van der Waals surface area contributed by atoms with Gasteiger partial charge in [-0.3, -0.25) is 9.59 Å². The van der Waals surface area contributed by atoms with E-state index in [-0.39, 0.29) is 33.0 Å². The Hall–Kier alpha value is -3.66. The van der Waals surface area contributed by atoms with Gasteiger partial charge in [0.25, 0.3) is 5.56 Å². The molecule has 0 saturated heterocycles. The molecule has 0 saturated carbocycles. The van der Waals surface area contributed by atoms with Crippen LogP contribution in [0.1, 0.15) is 11.1 Å². The average molecular weight is 513 g/mol. The topological polar surface area (TPSA) is 162 Å². The predicted molar refractivity (Wildman–Crippen MR) is 135 cm³/mol. The number of primary sulfonamides is 1. The fourth-order valence-electron chi connectivity index (χ4n) is 3.13. The van der Waals surface area contributed by atoms with E-state index in [1.165, 1.54) is 12.1 Å². The maximum absolute atomic E-state index is 12.4. The summed E-state index contributed by atoms with van der Waals surface area (Å²) in [6, 6.07) is 15.3. The Balaban J connectivity index is 1.61. The number of sulfonamides is 1. The molecule has 0 atom stereocenters. The molecule has 3 aromatic rings. The lowest BCUT2D eigenvalue weighted by atomic mass is 10.1. The third-order valence-corrected chi connectivity index (χ3v) is 6.80. The van der Waals surface area contributed by atoms with E-state index in [2.05, 4.69) is 15.3 Å². The second kappa shape index (κ2) is 11.2. The van der Waals surface area contributed by atoms with Gasteiger partial charge in [-0.25, -0.2) is 18.5 Å².